The molecule has 2 rings (SSSR count). The maximum absolute atomic E-state index is 11.7. The minimum atomic E-state index is -0.132. The predicted octanol–water partition coefficient (Wildman–Crippen LogP) is 2.86. The van der Waals surface area contributed by atoms with Crippen molar-refractivity contribution in [3.63, 3.8) is 0 Å². The Hall–Kier alpha value is -1.71. The lowest BCUT2D eigenvalue weighted by Crippen LogP contribution is -2.07. The summed E-state index contributed by atoms with van der Waals surface area (Å²) in [5, 5.41) is 0. The molecule has 0 aromatic heterocycles. The van der Waals surface area contributed by atoms with Crippen LogP contribution in [-0.2, 0) is 16.1 Å². The van der Waals surface area contributed by atoms with Crippen molar-refractivity contribution in [1.29, 1.82) is 0 Å². The summed E-state index contributed by atoms with van der Waals surface area (Å²) in [5.74, 6) is 0.587. The van der Waals surface area contributed by atoms with E-state index < -0.39 is 0 Å². The molecule has 0 unspecified atom stereocenters. The Morgan fingerprint density at radius 2 is 1.79 bits per heavy atom. The normalized spacial score (nSPS) is 15.6. The van der Waals surface area contributed by atoms with Crippen LogP contribution in [0.15, 0.2) is 18.2 Å². The highest BCUT2D eigenvalue weighted by Gasteiger charge is 2.16. The molecule has 1 aromatic rings. The topological polar surface area (TPSA) is 78.3 Å². The van der Waals surface area contributed by atoms with Crippen LogP contribution in [0.25, 0.3) is 0 Å². The first kappa shape index (κ1) is 13.7. The summed E-state index contributed by atoms with van der Waals surface area (Å²) in [6.45, 7) is 0.249. The lowest BCUT2D eigenvalue weighted by Gasteiger charge is -2.09. The minimum Gasteiger partial charge on any atom is -0.461 e. The van der Waals surface area contributed by atoms with E-state index in [0.717, 1.165) is 17.9 Å². The van der Waals surface area contributed by atoms with E-state index in [0.29, 0.717) is 17.8 Å². The molecule has 0 atom stereocenters. The van der Waals surface area contributed by atoms with Crippen LogP contribution < -0.4 is 11.5 Å². The first-order chi connectivity index (χ1) is 9.13. The van der Waals surface area contributed by atoms with Crippen LogP contribution >= 0.6 is 0 Å². The van der Waals surface area contributed by atoms with E-state index in [9.17, 15) is 4.79 Å². The quantitative estimate of drug-likeness (QED) is 0.631. The summed E-state index contributed by atoms with van der Waals surface area (Å²) >= 11 is 0. The van der Waals surface area contributed by atoms with Gasteiger partial charge in [0.2, 0.25) is 0 Å². The van der Waals surface area contributed by atoms with Crippen LogP contribution in [0, 0.1) is 5.92 Å². The predicted molar refractivity (Wildman–Crippen MR) is 76.3 cm³/mol. The van der Waals surface area contributed by atoms with Gasteiger partial charge in [0.25, 0.3) is 0 Å². The first-order valence-corrected chi connectivity index (χ1v) is 6.94. The standard InChI is InChI=1S/C15H22N2O2/c16-13-7-12(8-14(17)9-13)10-19-15(18)6-5-11-3-1-2-4-11/h7-9,11H,1-6,10,16-17H2. The molecule has 1 aliphatic rings. The number of benzene rings is 1. The Kier molecular flexibility index (Phi) is 4.66. The molecule has 0 bridgehead atoms. The number of rotatable bonds is 5. The Labute approximate surface area is 114 Å². The third-order valence-electron chi connectivity index (χ3n) is 3.67. The number of carbonyl (C=O) groups is 1. The summed E-state index contributed by atoms with van der Waals surface area (Å²) < 4.78 is 5.25. The molecular formula is C15H22N2O2. The van der Waals surface area contributed by atoms with Gasteiger partial charge in [-0.1, -0.05) is 25.7 Å². The van der Waals surface area contributed by atoms with Gasteiger partial charge in [0.15, 0.2) is 0 Å². The zero-order chi connectivity index (χ0) is 13.7. The fourth-order valence-electron chi connectivity index (χ4n) is 2.69. The minimum absolute atomic E-state index is 0.132. The van der Waals surface area contributed by atoms with E-state index in [1.165, 1.54) is 25.7 Å². The molecule has 4 nitrogen and oxygen atoms in total. The van der Waals surface area contributed by atoms with Gasteiger partial charge in [0, 0.05) is 17.8 Å². The molecular weight excluding hydrogens is 240 g/mol. The second-order valence-electron chi connectivity index (χ2n) is 5.36. The van der Waals surface area contributed by atoms with Crippen molar-refractivity contribution in [2.45, 2.75) is 45.1 Å². The van der Waals surface area contributed by atoms with Gasteiger partial charge in [-0.15, -0.1) is 0 Å². The van der Waals surface area contributed by atoms with Crippen LogP contribution in [0.4, 0.5) is 11.4 Å². The molecule has 0 amide bonds. The molecule has 0 saturated heterocycles. The number of ether oxygens (including phenoxy) is 1. The number of carbonyl (C=O) groups excluding carboxylic acids is 1. The monoisotopic (exact) mass is 262 g/mol. The molecule has 1 saturated carbocycles. The summed E-state index contributed by atoms with van der Waals surface area (Å²) in [6.07, 6.45) is 6.61. The Morgan fingerprint density at radius 1 is 1.16 bits per heavy atom. The highest BCUT2D eigenvalue weighted by molar-refractivity contribution is 5.69. The molecule has 0 heterocycles. The highest BCUT2D eigenvalue weighted by atomic mass is 16.5. The second-order valence-corrected chi connectivity index (χ2v) is 5.36. The average molecular weight is 262 g/mol. The van der Waals surface area contributed by atoms with E-state index in [2.05, 4.69) is 0 Å². The number of anilines is 2. The molecule has 0 radical (unpaired) electrons. The number of nitrogen functional groups attached to an aromatic ring is 2. The van der Waals surface area contributed by atoms with E-state index in [1.54, 1.807) is 18.2 Å². The maximum atomic E-state index is 11.7. The van der Waals surface area contributed by atoms with Gasteiger partial charge in [0.1, 0.15) is 6.61 Å². The van der Waals surface area contributed by atoms with Crippen LogP contribution in [0.2, 0.25) is 0 Å². The van der Waals surface area contributed by atoms with Gasteiger partial charge in [0.05, 0.1) is 0 Å². The van der Waals surface area contributed by atoms with E-state index in [1.807, 2.05) is 0 Å². The first-order valence-electron chi connectivity index (χ1n) is 6.94. The maximum Gasteiger partial charge on any atom is 0.306 e. The summed E-state index contributed by atoms with van der Waals surface area (Å²) in [7, 11) is 0. The van der Waals surface area contributed by atoms with Gasteiger partial charge in [-0.05, 0) is 36.1 Å². The van der Waals surface area contributed by atoms with Crippen LogP contribution in [-0.4, -0.2) is 5.97 Å². The summed E-state index contributed by atoms with van der Waals surface area (Å²) in [5.41, 5.74) is 13.4. The lowest BCUT2D eigenvalue weighted by atomic mass is 10.0. The van der Waals surface area contributed by atoms with Crippen LogP contribution in [0.3, 0.4) is 0 Å². The van der Waals surface area contributed by atoms with Crippen molar-refractivity contribution in [2.75, 3.05) is 11.5 Å². The van der Waals surface area contributed by atoms with E-state index >= 15 is 0 Å². The third kappa shape index (κ3) is 4.47. The summed E-state index contributed by atoms with van der Waals surface area (Å²) in [6, 6.07) is 5.24. The van der Waals surface area contributed by atoms with E-state index in [4.69, 9.17) is 16.2 Å². The zero-order valence-electron chi connectivity index (χ0n) is 11.2. The van der Waals surface area contributed by atoms with Crippen molar-refractivity contribution < 1.29 is 9.53 Å². The molecule has 19 heavy (non-hydrogen) atoms. The number of nitrogens with two attached hydrogens (primary N) is 2. The molecule has 0 spiro atoms. The highest BCUT2D eigenvalue weighted by Crippen LogP contribution is 2.28. The third-order valence-corrected chi connectivity index (χ3v) is 3.67. The lowest BCUT2D eigenvalue weighted by molar-refractivity contribution is -0.145. The Bertz CT molecular complexity index is 420. The fraction of sp³-hybridized carbons (Fsp3) is 0.533. The fourth-order valence-corrected chi connectivity index (χ4v) is 2.69. The Balaban J connectivity index is 1.73. The molecule has 0 aliphatic heterocycles. The molecule has 4 heteroatoms. The van der Waals surface area contributed by atoms with Gasteiger partial charge in [-0.25, -0.2) is 0 Å². The van der Waals surface area contributed by atoms with Gasteiger partial charge in [-0.2, -0.15) is 0 Å². The molecule has 4 N–H and O–H groups in total. The average Bonchev–Trinajstić information content (AvgIpc) is 2.86. The molecule has 1 aliphatic carbocycles. The Morgan fingerprint density at radius 3 is 2.42 bits per heavy atom. The van der Waals surface area contributed by atoms with E-state index in [-0.39, 0.29) is 12.6 Å². The number of hydrogen-bond donors (Lipinski definition) is 2. The molecule has 1 aromatic carbocycles. The number of esters is 1. The molecule has 104 valence electrons. The van der Waals surface area contributed by atoms with Crippen molar-refractivity contribution in [2.24, 2.45) is 5.92 Å². The van der Waals surface area contributed by atoms with Crippen LogP contribution in [0.1, 0.15) is 44.1 Å². The van der Waals surface area contributed by atoms with Gasteiger partial charge in [-0.3, -0.25) is 4.79 Å². The van der Waals surface area contributed by atoms with Gasteiger partial charge >= 0.3 is 5.97 Å². The largest absolute Gasteiger partial charge is 0.461 e. The van der Waals surface area contributed by atoms with Crippen LogP contribution in [0.5, 0.6) is 0 Å². The van der Waals surface area contributed by atoms with Crippen molar-refractivity contribution in [1.82, 2.24) is 0 Å². The van der Waals surface area contributed by atoms with Crippen molar-refractivity contribution in [3.8, 4) is 0 Å². The van der Waals surface area contributed by atoms with Gasteiger partial charge < -0.3 is 16.2 Å². The number of hydrogen-bond acceptors (Lipinski definition) is 4. The second kappa shape index (κ2) is 6.45. The zero-order valence-corrected chi connectivity index (χ0v) is 11.2. The summed E-state index contributed by atoms with van der Waals surface area (Å²) in [4.78, 5) is 11.7. The smallest absolute Gasteiger partial charge is 0.306 e. The van der Waals surface area contributed by atoms with Crippen molar-refractivity contribution in [3.05, 3.63) is 23.8 Å². The SMILES string of the molecule is Nc1cc(N)cc(COC(=O)CCC2CCCC2)c1. The molecule has 1 fully saturated rings. The van der Waals surface area contributed by atoms with Crippen molar-refractivity contribution >= 4 is 17.3 Å².